The molecule has 1 amide bonds. The second-order valence-electron chi connectivity index (χ2n) is 9.64. The van der Waals surface area contributed by atoms with Crippen LogP contribution < -0.4 is 16.6 Å². The van der Waals surface area contributed by atoms with Gasteiger partial charge in [-0.15, -0.1) is 0 Å². The number of nitrogens with two attached hydrogens (primary N) is 1. The Balaban J connectivity index is 2.02. The number of fused-ring (bicyclic) bond motifs is 1. The molecular weight excluding hydrogens is 416 g/mol. The predicted octanol–water partition coefficient (Wildman–Crippen LogP) is 2.82. The van der Waals surface area contributed by atoms with Gasteiger partial charge in [0.1, 0.15) is 18.2 Å². The molecule has 4 N–H and O–H groups in total. The van der Waals surface area contributed by atoms with Gasteiger partial charge in [0.2, 0.25) is 18.1 Å². The number of ether oxygens (including phenoxy) is 1. The summed E-state index contributed by atoms with van der Waals surface area (Å²) in [6.07, 6.45) is 2.54. The van der Waals surface area contributed by atoms with Crippen molar-refractivity contribution in [2.24, 2.45) is 11.7 Å². The standard InChI is InChI=1S/C20H32N6O4Si/c1-11(2)16(27)24-19-23-15-14(17(28)25-19)22-10-26(15)18-13(8-12(9-21)29-18)30-31(6,7)20(3,4)5/h9-11,13,18H,8,21H2,1-7H3,(H2,23,24,25,27,28)/b12-9+/t13?,18-/m1/s1. The van der Waals surface area contributed by atoms with Crippen molar-refractivity contribution in [1.29, 1.82) is 0 Å². The van der Waals surface area contributed by atoms with Gasteiger partial charge in [-0.2, -0.15) is 4.98 Å². The van der Waals surface area contributed by atoms with E-state index in [-0.39, 0.29) is 34.4 Å². The molecule has 2 aromatic rings. The van der Waals surface area contributed by atoms with Gasteiger partial charge in [0, 0.05) is 18.5 Å². The summed E-state index contributed by atoms with van der Waals surface area (Å²) in [5, 5.41) is 2.64. The number of nitrogens with one attached hydrogen (secondary N) is 2. The summed E-state index contributed by atoms with van der Waals surface area (Å²) < 4.78 is 14.3. The minimum atomic E-state index is -2.12. The fourth-order valence-corrected chi connectivity index (χ4v) is 4.32. The Morgan fingerprint density at radius 1 is 1.45 bits per heavy atom. The number of rotatable bonds is 5. The van der Waals surface area contributed by atoms with E-state index >= 15 is 0 Å². The second-order valence-corrected chi connectivity index (χ2v) is 14.4. The summed E-state index contributed by atoms with van der Waals surface area (Å²) in [6.45, 7) is 14.4. The van der Waals surface area contributed by atoms with E-state index in [0.29, 0.717) is 17.8 Å². The Morgan fingerprint density at radius 2 is 2.13 bits per heavy atom. The maximum Gasteiger partial charge on any atom is 0.280 e. The molecular formula is C20H32N6O4Si. The SMILES string of the molecule is CC(C)C(=O)Nc1nc2c(ncn2[C@@H]2O/C(=C/N)CC2O[Si](C)(C)C(C)(C)C)c(=O)[nH]1. The topological polar surface area (TPSA) is 137 Å². The van der Waals surface area contributed by atoms with Crippen LogP contribution in [0.2, 0.25) is 18.1 Å². The first-order valence-corrected chi connectivity index (χ1v) is 13.3. The van der Waals surface area contributed by atoms with Crippen LogP contribution in [0, 0.1) is 5.92 Å². The molecule has 170 valence electrons. The van der Waals surface area contributed by atoms with Crippen molar-refractivity contribution in [3.05, 3.63) is 28.6 Å². The smallest absolute Gasteiger partial charge is 0.280 e. The Bertz CT molecular complexity index is 1070. The van der Waals surface area contributed by atoms with Crippen LogP contribution in [0.15, 0.2) is 23.1 Å². The zero-order valence-corrected chi connectivity index (χ0v) is 20.1. The van der Waals surface area contributed by atoms with E-state index in [1.54, 1.807) is 18.4 Å². The number of nitrogens with zero attached hydrogens (tertiary/aromatic N) is 3. The monoisotopic (exact) mass is 448 g/mol. The van der Waals surface area contributed by atoms with Gasteiger partial charge in [0.05, 0.1) is 0 Å². The number of carbonyl (C=O) groups is 1. The Kier molecular flexibility index (Phi) is 6.02. The van der Waals surface area contributed by atoms with Gasteiger partial charge in [0.25, 0.3) is 5.56 Å². The number of anilines is 1. The number of imidazole rings is 1. The summed E-state index contributed by atoms with van der Waals surface area (Å²) in [5.41, 5.74) is 5.74. The van der Waals surface area contributed by atoms with Crippen LogP contribution in [0.25, 0.3) is 11.2 Å². The lowest BCUT2D eigenvalue weighted by Gasteiger charge is -2.39. The Labute approximate surface area is 182 Å². The van der Waals surface area contributed by atoms with Crippen LogP contribution in [0.4, 0.5) is 5.95 Å². The number of aromatic amines is 1. The summed E-state index contributed by atoms with van der Waals surface area (Å²) >= 11 is 0. The number of amides is 1. The van der Waals surface area contributed by atoms with Crippen molar-refractivity contribution < 1.29 is 14.0 Å². The van der Waals surface area contributed by atoms with Gasteiger partial charge in [-0.1, -0.05) is 34.6 Å². The first-order chi connectivity index (χ1) is 14.3. The summed E-state index contributed by atoms with van der Waals surface area (Å²) in [7, 11) is -2.12. The van der Waals surface area contributed by atoms with E-state index in [2.05, 4.69) is 54.1 Å². The van der Waals surface area contributed by atoms with Crippen molar-refractivity contribution in [1.82, 2.24) is 19.5 Å². The van der Waals surface area contributed by atoms with Gasteiger partial charge in [0.15, 0.2) is 19.5 Å². The lowest BCUT2D eigenvalue weighted by molar-refractivity contribution is -0.118. The fraction of sp³-hybridized carbons (Fsp3) is 0.600. The maximum atomic E-state index is 12.5. The molecule has 1 unspecified atom stereocenters. The van der Waals surface area contributed by atoms with E-state index in [0.717, 1.165) is 0 Å². The van der Waals surface area contributed by atoms with Crippen molar-refractivity contribution in [2.75, 3.05) is 5.32 Å². The number of aromatic nitrogens is 4. The van der Waals surface area contributed by atoms with Gasteiger partial charge < -0.3 is 14.9 Å². The third kappa shape index (κ3) is 4.52. The minimum Gasteiger partial charge on any atom is -0.470 e. The molecule has 0 spiro atoms. The zero-order chi connectivity index (χ0) is 23.1. The van der Waals surface area contributed by atoms with Crippen molar-refractivity contribution in [2.45, 2.75) is 71.5 Å². The molecule has 2 atom stereocenters. The molecule has 0 saturated carbocycles. The molecule has 0 aliphatic carbocycles. The number of H-pyrrole nitrogens is 1. The highest BCUT2D eigenvalue weighted by atomic mass is 28.4. The highest BCUT2D eigenvalue weighted by Crippen LogP contribution is 2.42. The highest BCUT2D eigenvalue weighted by molar-refractivity contribution is 6.74. The molecule has 3 rings (SSSR count). The van der Waals surface area contributed by atoms with Gasteiger partial charge in [-0.05, 0) is 18.1 Å². The maximum absolute atomic E-state index is 12.5. The molecule has 2 aromatic heterocycles. The van der Waals surface area contributed by atoms with E-state index in [1.165, 1.54) is 12.5 Å². The third-order valence-electron chi connectivity index (χ3n) is 5.90. The normalized spacial score (nSPS) is 21.1. The van der Waals surface area contributed by atoms with E-state index < -0.39 is 20.1 Å². The number of carbonyl (C=O) groups excluding carboxylic acids is 1. The molecule has 11 heteroatoms. The third-order valence-corrected chi connectivity index (χ3v) is 10.4. The Morgan fingerprint density at radius 3 is 2.71 bits per heavy atom. The average Bonchev–Trinajstić information content (AvgIpc) is 3.24. The molecule has 1 aliphatic rings. The van der Waals surface area contributed by atoms with Crippen LogP contribution in [0.5, 0.6) is 0 Å². The number of hydrogen-bond acceptors (Lipinski definition) is 7. The molecule has 0 aromatic carbocycles. The first kappa shape index (κ1) is 23.0. The number of hydrogen-bond donors (Lipinski definition) is 3. The van der Waals surface area contributed by atoms with Crippen LogP contribution in [-0.2, 0) is 14.0 Å². The summed E-state index contributed by atoms with van der Waals surface area (Å²) in [4.78, 5) is 35.8. The molecule has 1 saturated heterocycles. The molecule has 0 radical (unpaired) electrons. The van der Waals surface area contributed by atoms with Gasteiger partial charge in [-0.25, -0.2) is 4.98 Å². The van der Waals surface area contributed by atoms with E-state index in [1.807, 2.05) is 0 Å². The first-order valence-electron chi connectivity index (χ1n) is 10.4. The molecule has 1 aliphatic heterocycles. The van der Waals surface area contributed by atoms with Crippen molar-refractivity contribution >= 4 is 31.3 Å². The highest BCUT2D eigenvalue weighted by Gasteiger charge is 2.44. The van der Waals surface area contributed by atoms with Gasteiger partial charge >= 0.3 is 0 Å². The molecule has 31 heavy (non-hydrogen) atoms. The lowest BCUT2D eigenvalue weighted by Crippen LogP contribution is -2.45. The van der Waals surface area contributed by atoms with Gasteiger partial charge in [-0.3, -0.25) is 24.5 Å². The summed E-state index contributed by atoms with van der Waals surface area (Å²) in [5.74, 6) is 0.156. The van der Waals surface area contributed by atoms with Crippen LogP contribution in [0.1, 0.15) is 47.3 Å². The van der Waals surface area contributed by atoms with Crippen LogP contribution >= 0.6 is 0 Å². The molecule has 10 nitrogen and oxygen atoms in total. The average molecular weight is 449 g/mol. The Hall–Kier alpha value is -2.66. The quantitative estimate of drug-likeness (QED) is 0.598. The largest absolute Gasteiger partial charge is 0.470 e. The van der Waals surface area contributed by atoms with E-state index in [4.69, 9.17) is 14.9 Å². The van der Waals surface area contributed by atoms with Crippen molar-refractivity contribution in [3.63, 3.8) is 0 Å². The second kappa shape index (κ2) is 8.12. The molecule has 3 heterocycles. The lowest BCUT2D eigenvalue weighted by atomic mass is 10.2. The minimum absolute atomic E-state index is 0.00737. The summed E-state index contributed by atoms with van der Waals surface area (Å²) in [6, 6.07) is 0. The van der Waals surface area contributed by atoms with E-state index in [9.17, 15) is 9.59 Å². The predicted molar refractivity (Wildman–Crippen MR) is 121 cm³/mol. The van der Waals surface area contributed by atoms with Crippen LogP contribution in [0.3, 0.4) is 0 Å². The zero-order valence-electron chi connectivity index (χ0n) is 19.1. The molecule has 0 bridgehead atoms. The molecule has 1 fully saturated rings. The van der Waals surface area contributed by atoms with Crippen molar-refractivity contribution in [3.8, 4) is 0 Å². The fourth-order valence-electron chi connectivity index (χ4n) is 3.01. The van der Waals surface area contributed by atoms with Crippen LogP contribution in [-0.4, -0.2) is 39.8 Å².